The van der Waals surface area contributed by atoms with E-state index < -0.39 is 0 Å². The van der Waals surface area contributed by atoms with Gasteiger partial charge in [-0.1, -0.05) is 30.8 Å². The van der Waals surface area contributed by atoms with Crippen molar-refractivity contribution in [1.29, 1.82) is 0 Å². The molecule has 0 fully saturated rings. The molecule has 3 heteroatoms. The minimum Gasteiger partial charge on any atom is -0.372 e. The minimum absolute atomic E-state index is 0.0397. The zero-order valence-corrected chi connectivity index (χ0v) is 15.5. The molecule has 0 radical (unpaired) electrons. The van der Waals surface area contributed by atoms with Crippen molar-refractivity contribution in [3.05, 3.63) is 61.2 Å². The first-order valence-electron chi connectivity index (χ1n) is 8.98. The summed E-state index contributed by atoms with van der Waals surface area (Å²) in [5.41, 5.74) is 4.69. The molecule has 3 nitrogen and oxygen atoms in total. The molecule has 0 heterocycles. The van der Waals surface area contributed by atoms with Crippen LogP contribution in [0.2, 0.25) is 0 Å². The summed E-state index contributed by atoms with van der Waals surface area (Å²) in [4.78, 5) is 16.0. The molecular formula is C22H28N2O. The van der Waals surface area contributed by atoms with Crippen LogP contribution in [0.25, 0.3) is 11.1 Å². The summed E-state index contributed by atoms with van der Waals surface area (Å²) < 4.78 is 0. The van der Waals surface area contributed by atoms with E-state index in [4.69, 9.17) is 0 Å². The van der Waals surface area contributed by atoms with Crippen LogP contribution in [0.5, 0.6) is 0 Å². The zero-order chi connectivity index (χ0) is 18.2. The number of ketones is 1. The van der Waals surface area contributed by atoms with Crippen LogP contribution in [0.3, 0.4) is 0 Å². The third kappa shape index (κ3) is 4.72. The van der Waals surface area contributed by atoms with Gasteiger partial charge in [-0.25, -0.2) is 0 Å². The van der Waals surface area contributed by atoms with Gasteiger partial charge in [0.05, 0.1) is 6.54 Å². The van der Waals surface area contributed by atoms with E-state index in [0.717, 1.165) is 25.3 Å². The Labute approximate surface area is 151 Å². The normalized spacial score (nSPS) is 10.4. The third-order valence-electron chi connectivity index (χ3n) is 4.52. The molecule has 0 unspecified atom stereocenters. The van der Waals surface area contributed by atoms with Crippen molar-refractivity contribution < 1.29 is 4.79 Å². The molecule has 2 rings (SSSR count). The van der Waals surface area contributed by atoms with E-state index in [0.29, 0.717) is 6.54 Å². The summed E-state index contributed by atoms with van der Waals surface area (Å²) in [6.45, 7) is 13.1. The first-order chi connectivity index (χ1) is 12.1. The number of rotatable bonds is 9. The standard InChI is InChI=1S/C22H28N2O/c1-5-22(25)17-24(8-4)21-15-11-19(12-16-21)18-9-13-20(14-10-18)23(6-2)7-3/h5,9-16H,1,6-8,17H2,2-4H3. The summed E-state index contributed by atoms with van der Waals surface area (Å²) in [6, 6.07) is 17.1. The Hall–Kier alpha value is -2.55. The number of hydrogen-bond acceptors (Lipinski definition) is 3. The van der Waals surface area contributed by atoms with Crippen LogP contribution >= 0.6 is 0 Å². The maximum absolute atomic E-state index is 11.6. The molecule has 0 saturated carbocycles. The predicted octanol–water partition coefficient (Wildman–Crippen LogP) is 4.78. The van der Waals surface area contributed by atoms with Crippen molar-refractivity contribution >= 4 is 17.2 Å². The predicted molar refractivity (Wildman–Crippen MR) is 109 cm³/mol. The van der Waals surface area contributed by atoms with E-state index in [1.807, 2.05) is 0 Å². The molecule has 2 aromatic carbocycles. The fourth-order valence-corrected chi connectivity index (χ4v) is 2.96. The van der Waals surface area contributed by atoms with Gasteiger partial charge < -0.3 is 9.80 Å². The van der Waals surface area contributed by atoms with Crippen LogP contribution < -0.4 is 9.80 Å². The lowest BCUT2D eigenvalue weighted by Crippen LogP contribution is -2.28. The molecule has 2 aromatic rings. The number of benzene rings is 2. The number of carbonyl (C=O) groups is 1. The lowest BCUT2D eigenvalue weighted by Gasteiger charge is -2.22. The molecule has 132 valence electrons. The number of likely N-dealkylation sites (N-methyl/N-ethyl adjacent to an activating group) is 1. The lowest BCUT2D eigenvalue weighted by atomic mass is 10.0. The van der Waals surface area contributed by atoms with Gasteiger partial charge in [0.1, 0.15) is 0 Å². The average Bonchev–Trinajstić information content (AvgIpc) is 2.67. The van der Waals surface area contributed by atoms with Gasteiger partial charge in [-0.05, 0) is 62.2 Å². The molecule has 0 spiro atoms. The first-order valence-corrected chi connectivity index (χ1v) is 8.98. The van der Waals surface area contributed by atoms with Gasteiger partial charge in [0.2, 0.25) is 0 Å². The van der Waals surface area contributed by atoms with E-state index in [1.165, 1.54) is 22.9 Å². The van der Waals surface area contributed by atoms with Crippen molar-refractivity contribution in [2.75, 3.05) is 36.0 Å². The van der Waals surface area contributed by atoms with Gasteiger partial charge in [-0.2, -0.15) is 0 Å². The SMILES string of the molecule is C=CC(=O)CN(CC)c1ccc(-c2ccc(N(CC)CC)cc2)cc1. The van der Waals surface area contributed by atoms with Crippen molar-refractivity contribution in [2.24, 2.45) is 0 Å². The van der Waals surface area contributed by atoms with Gasteiger partial charge in [0, 0.05) is 31.0 Å². The Balaban J connectivity index is 2.16. The largest absolute Gasteiger partial charge is 0.372 e. The van der Waals surface area contributed by atoms with Gasteiger partial charge in [0.25, 0.3) is 0 Å². The molecule has 0 atom stereocenters. The second-order valence-electron chi connectivity index (χ2n) is 5.95. The highest BCUT2D eigenvalue weighted by atomic mass is 16.1. The van der Waals surface area contributed by atoms with E-state index >= 15 is 0 Å². The van der Waals surface area contributed by atoms with Crippen molar-refractivity contribution in [2.45, 2.75) is 20.8 Å². The molecule has 0 N–H and O–H groups in total. The molecule has 0 aliphatic heterocycles. The monoisotopic (exact) mass is 336 g/mol. The van der Waals surface area contributed by atoms with Crippen molar-refractivity contribution in [1.82, 2.24) is 0 Å². The van der Waals surface area contributed by atoms with Crippen LogP contribution in [0.4, 0.5) is 11.4 Å². The average molecular weight is 336 g/mol. The summed E-state index contributed by atoms with van der Waals surface area (Å²) in [5, 5.41) is 0. The lowest BCUT2D eigenvalue weighted by molar-refractivity contribution is -0.113. The Bertz CT molecular complexity index is 685. The second kappa shape index (κ2) is 9.07. The van der Waals surface area contributed by atoms with Gasteiger partial charge in [-0.15, -0.1) is 0 Å². The topological polar surface area (TPSA) is 23.6 Å². The Morgan fingerprint density at radius 3 is 1.56 bits per heavy atom. The second-order valence-corrected chi connectivity index (χ2v) is 5.95. The van der Waals surface area contributed by atoms with E-state index in [9.17, 15) is 4.79 Å². The minimum atomic E-state index is 0.0397. The van der Waals surface area contributed by atoms with E-state index in [-0.39, 0.29) is 5.78 Å². The Morgan fingerprint density at radius 1 is 0.800 bits per heavy atom. The smallest absolute Gasteiger partial charge is 0.174 e. The molecule has 0 saturated heterocycles. The summed E-state index contributed by atoms with van der Waals surface area (Å²) in [7, 11) is 0. The molecule has 0 aliphatic carbocycles. The summed E-state index contributed by atoms with van der Waals surface area (Å²) in [5.74, 6) is 0.0397. The van der Waals surface area contributed by atoms with Crippen LogP contribution in [0.15, 0.2) is 61.2 Å². The highest BCUT2D eigenvalue weighted by Crippen LogP contribution is 2.25. The molecule has 0 aliphatic rings. The molecule has 0 aromatic heterocycles. The van der Waals surface area contributed by atoms with Crippen LogP contribution in [-0.4, -0.2) is 32.0 Å². The van der Waals surface area contributed by atoms with Crippen molar-refractivity contribution in [3.63, 3.8) is 0 Å². The Morgan fingerprint density at radius 2 is 1.20 bits per heavy atom. The maximum atomic E-state index is 11.6. The van der Waals surface area contributed by atoms with Crippen LogP contribution in [0.1, 0.15) is 20.8 Å². The van der Waals surface area contributed by atoms with Crippen LogP contribution in [-0.2, 0) is 4.79 Å². The number of carbonyl (C=O) groups excluding carboxylic acids is 1. The maximum Gasteiger partial charge on any atom is 0.174 e. The van der Waals surface area contributed by atoms with Crippen LogP contribution in [0, 0.1) is 0 Å². The number of hydrogen-bond donors (Lipinski definition) is 0. The van der Waals surface area contributed by atoms with Gasteiger partial charge >= 0.3 is 0 Å². The zero-order valence-electron chi connectivity index (χ0n) is 15.5. The molecular weight excluding hydrogens is 308 g/mol. The quantitative estimate of drug-likeness (QED) is 0.616. The third-order valence-corrected chi connectivity index (χ3v) is 4.52. The molecule has 0 amide bonds. The number of nitrogens with zero attached hydrogens (tertiary/aromatic N) is 2. The highest BCUT2D eigenvalue weighted by molar-refractivity contribution is 5.93. The van der Waals surface area contributed by atoms with Gasteiger partial charge in [-0.3, -0.25) is 4.79 Å². The Kier molecular flexibility index (Phi) is 6.81. The fraction of sp³-hybridized carbons (Fsp3) is 0.318. The van der Waals surface area contributed by atoms with Crippen molar-refractivity contribution in [3.8, 4) is 11.1 Å². The fourth-order valence-electron chi connectivity index (χ4n) is 2.96. The van der Waals surface area contributed by atoms with E-state index in [1.54, 1.807) is 0 Å². The highest BCUT2D eigenvalue weighted by Gasteiger charge is 2.08. The first kappa shape index (κ1) is 18.8. The summed E-state index contributed by atoms with van der Waals surface area (Å²) in [6.07, 6.45) is 1.38. The summed E-state index contributed by atoms with van der Waals surface area (Å²) >= 11 is 0. The number of anilines is 2. The van der Waals surface area contributed by atoms with Gasteiger partial charge in [0.15, 0.2) is 5.78 Å². The molecule has 25 heavy (non-hydrogen) atoms. The van der Waals surface area contributed by atoms with E-state index in [2.05, 4.69) is 85.7 Å². The molecule has 0 bridgehead atoms.